The van der Waals surface area contributed by atoms with Gasteiger partial charge in [0.05, 0.1) is 17.0 Å². The number of carbonyl (C=O) groups excluding carboxylic acids is 1. The third kappa shape index (κ3) is 2.47. The van der Waals surface area contributed by atoms with Crippen LogP contribution in [0.25, 0.3) is 0 Å². The topological polar surface area (TPSA) is 89.5 Å². The second-order valence-corrected chi connectivity index (χ2v) is 5.88. The minimum Gasteiger partial charge on any atom is -0.398 e. The Balaban J connectivity index is 1.89. The van der Waals surface area contributed by atoms with Gasteiger partial charge in [-0.25, -0.2) is 0 Å². The van der Waals surface area contributed by atoms with Crippen molar-refractivity contribution < 1.29 is 9.72 Å². The molecule has 0 fully saturated rings. The number of nitro benzene ring substituents is 1. The quantitative estimate of drug-likeness (QED) is 0.524. The van der Waals surface area contributed by atoms with Crippen molar-refractivity contribution >= 4 is 28.6 Å². The molecule has 0 atom stereocenters. The molecule has 108 valence electrons. The minimum atomic E-state index is -0.524. The molecule has 3 rings (SSSR count). The minimum absolute atomic E-state index is 0.124. The first kappa shape index (κ1) is 13.6. The van der Waals surface area contributed by atoms with E-state index in [1.165, 1.54) is 28.6 Å². The SMILES string of the molecule is Nc1ccc([N+](=O)[O-])cc1C(=O)N1CCc2ccsc2C1. The molecule has 0 spiro atoms. The van der Waals surface area contributed by atoms with Crippen LogP contribution in [0, 0.1) is 10.1 Å². The maximum absolute atomic E-state index is 12.6. The zero-order chi connectivity index (χ0) is 15.0. The van der Waals surface area contributed by atoms with Gasteiger partial charge in [-0.15, -0.1) is 11.3 Å². The normalized spacial score (nSPS) is 13.8. The van der Waals surface area contributed by atoms with E-state index in [-0.39, 0.29) is 22.8 Å². The molecular formula is C14H13N3O3S. The lowest BCUT2D eigenvalue weighted by Crippen LogP contribution is -2.35. The van der Waals surface area contributed by atoms with Crippen molar-refractivity contribution in [2.75, 3.05) is 12.3 Å². The van der Waals surface area contributed by atoms with Gasteiger partial charge < -0.3 is 10.6 Å². The van der Waals surface area contributed by atoms with Crippen molar-refractivity contribution in [1.29, 1.82) is 0 Å². The van der Waals surface area contributed by atoms with Crippen molar-refractivity contribution in [3.63, 3.8) is 0 Å². The summed E-state index contributed by atoms with van der Waals surface area (Å²) in [5.74, 6) is -0.254. The molecular weight excluding hydrogens is 290 g/mol. The van der Waals surface area contributed by atoms with Gasteiger partial charge >= 0.3 is 0 Å². The van der Waals surface area contributed by atoms with Crippen LogP contribution in [0.2, 0.25) is 0 Å². The number of benzene rings is 1. The summed E-state index contributed by atoms with van der Waals surface area (Å²) in [5.41, 5.74) is 7.42. The summed E-state index contributed by atoms with van der Waals surface area (Å²) in [7, 11) is 0. The molecule has 0 aliphatic carbocycles. The fourth-order valence-corrected chi connectivity index (χ4v) is 3.37. The van der Waals surface area contributed by atoms with E-state index in [1.54, 1.807) is 16.2 Å². The van der Waals surface area contributed by atoms with Crippen LogP contribution in [-0.2, 0) is 13.0 Å². The van der Waals surface area contributed by atoms with E-state index >= 15 is 0 Å². The van der Waals surface area contributed by atoms with Crippen molar-refractivity contribution in [3.8, 4) is 0 Å². The van der Waals surface area contributed by atoms with Crippen LogP contribution in [-0.4, -0.2) is 22.3 Å². The van der Waals surface area contributed by atoms with Gasteiger partial charge in [-0.2, -0.15) is 0 Å². The van der Waals surface area contributed by atoms with E-state index in [2.05, 4.69) is 6.07 Å². The molecule has 1 aromatic carbocycles. The Kier molecular flexibility index (Phi) is 3.34. The average molecular weight is 303 g/mol. The maximum atomic E-state index is 12.6. The number of hydrogen-bond donors (Lipinski definition) is 1. The number of nitrogen functional groups attached to an aromatic ring is 1. The van der Waals surface area contributed by atoms with E-state index in [0.29, 0.717) is 13.1 Å². The van der Waals surface area contributed by atoms with E-state index in [9.17, 15) is 14.9 Å². The maximum Gasteiger partial charge on any atom is 0.270 e. The number of thiophene rings is 1. The number of nitrogens with zero attached hydrogens (tertiary/aromatic N) is 2. The summed E-state index contributed by atoms with van der Waals surface area (Å²) >= 11 is 1.62. The van der Waals surface area contributed by atoms with Crippen LogP contribution in [0.3, 0.4) is 0 Å². The third-order valence-electron chi connectivity index (χ3n) is 3.59. The molecule has 1 aliphatic heterocycles. The molecule has 2 heterocycles. The summed E-state index contributed by atoms with van der Waals surface area (Å²) in [4.78, 5) is 25.7. The Morgan fingerprint density at radius 3 is 2.95 bits per heavy atom. The summed E-state index contributed by atoms with van der Waals surface area (Å²) in [5, 5.41) is 12.8. The van der Waals surface area contributed by atoms with Gasteiger partial charge in [-0.3, -0.25) is 14.9 Å². The van der Waals surface area contributed by atoms with Crippen LogP contribution < -0.4 is 5.73 Å². The molecule has 1 amide bonds. The highest BCUT2D eigenvalue weighted by molar-refractivity contribution is 7.10. The van der Waals surface area contributed by atoms with Gasteiger partial charge in [0.15, 0.2) is 0 Å². The fourth-order valence-electron chi connectivity index (χ4n) is 2.42. The Morgan fingerprint density at radius 1 is 1.38 bits per heavy atom. The summed E-state index contributed by atoms with van der Waals surface area (Å²) < 4.78 is 0. The van der Waals surface area contributed by atoms with Gasteiger partial charge in [-0.1, -0.05) is 0 Å². The molecule has 0 bridgehead atoms. The Morgan fingerprint density at radius 2 is 2.19 bits per heavy atom. The van der Waals surface area contributed by atoms with Crippen LogP contribution in [0.4, 0.5) is 11.4 Å². The molecule has 0 saturated carbocycles. The number of fused-ring (bicyclic) bond motifs is 1. The predicted molar refractivity (Wildman–Crippen MR) is 80.3 cm³/mol. The first-order valence-corrected chi connectivity index (χ1v) is 7.32. The zero-order valence-corrected chi connectivity index (χ0v) is 11.9. The number of anilines is 1. The molecule has 0 unspecified atom stereocenters. The van der Waals surface area contributed by atoms with E-state index in [0.717, 1.165) is 6.42 Å². The van der Waals surface area contributed by atoms with Crippen LogP contribution >= 0.6 is 11.3 Å². The van der Waals surface area contributed by atoms with E-state index in [4.69, 9.17) is 5.73 Å². The van der Waals surface area contributed by atoms with Gasteiger partial charge in [0.2, 0.25) is 0 Å². The number of amides is 1. The van der Waals surface area contributed by atoms with Crippen LogP contribution in [0.15, 0.2) is 29.6 Å². The Labute approximate surface area is 124 Å². The van der Waals surface area contributed by atoms with Gasteiger partial charge in [0.25, 0.3) is 11.6 Å². The molecule has 0 radical (unpaired) electrons. The first-order valence-electron chi connectivity index (χ1n) is 6.44. The smallest absolute Gasteiger partial charge is 0.270 e. The van der Waals surface area contributed by atoms with Gasteiger partial charge in [-0.05, 0) is 29.5 Å². The number of nitrogens with two attached hydrogens (primary N) is 1. The monoisotopic (exact) mass is 303 g/mol. The summed E-state index contributed by atoms with van der Waals surface area (Å²) in [6, 6.07) is 6.04. The van der Waals surface area contributed by atoms with Gasteiger partial charge in [0, 0.05) is 29.2 Å². The lowest BCUT2D eigenvalue weighted by molar-refractivity contribution is -0.384. The van der Waals surface area contributed by atoms with Crippen molar-refractivity contribution in [1.82, 2.24) is 4.90 Å². The van der Waals surface area contributed by atoms with Crippen molar-refractivity contribution in [3.05, 3.63) is 55.8 Å². The lowest BCUT2D eigenvalue weighted by atomic mass is 10.1. The molecule has 21 heavy (non-hydrogen) atoms. The highest BCUT2D eigenvalue weighted by Crippen LogP contribution is 2.27. The number of rotatable bonds is 2. The second-order valence-electron chi connectivity index (χ2n) is 4.87. The second kappa shape index (κ2) is 5.17. The Hall–Kier alpha value is -2.41. The Bertz CT molecular complexity index is 726. The van der Waals surface area contributed by atoms with Crippen LogP contribution in [0.1, 0.15) is 20.8 Å². The van der Waals surface area contributed by atoms with Gasteiger partial charge in [0.1, 0.15) is 0 Å². The molecule has 1 aromatic heterocycles. The largest absolute Gasteiger partial charge is 0.398 e. The van der Waals surface area contributed by atoms with Crippen molar-refractivity contribution in [2.45, 2.75) is 13.0 Å². The number of nitro groups is 1. The average Bonchev–Trinajstić information content (AvgIpc) is 2.94. The fraction of sp³-hybridized carbons (Fsp3) is 0.214. The number of carbonyl (C=O) groups is 1. The highest BCUT2D eigenvalue weighted by atomic mass is 32.1. The number of non-ortho nitro benzene ring substituents is 1. The predicted octanol–water partition coefficient (Wildman–Crippen LogP) is 2.44. The number of hydrogen-bond acceptors (Lipinski definition) is 5. The molecule has 1 aliphatic rings. The summed E-state index contributed by atoms with van der Waals surface area (Å²) in [6.45, 7) is 1.14. The van der Waals surface area contributed by atoms with Crippen LogP contribution in [0.5, 0.6) is 0 Å². The van der Waals surface area contributed by atoms with E-state index in [1.807, 2.05) is 5.38 Å². The zero-order valence-electron chi connectivity index (χ0n) is 11.1. The highest BCUT2D eigenvalue weighted by Gasteiger charge is 2.25. The molecule has 0 saturated heterocycles. The summed E-state index contributed by atoms with van der Waals surface area (Å²) in [6.07, 6.45) is 0.805. The van der Waals surface area contributed by atoms with Crippen molar-refractivity contribution in [2.24, 2.45) is 0 Å². The third-order valence-corrected chi connectivity index (χ3v) is 4.54. The molecule has 2 N–H and O–H groups in total. The first-order chi connectivity index (χ1) is 10.1. The molecule has 7 heteroatoms. The lowest BCUT2D eigenvalue weighted by Gasteiger charge is -2.27. The molecule has 6 nitrogen and oxygen atoms in total. The standard InChI is InChI=1S/C14H13N3O3S/c15-12-2-1-10(17(19)20)7-11(12)14(18)16-5-3-9-4-6-21-13(9)8-16/h1-2,4,6-7H,3,5,8,15H2. The molecule has 2 aromatic rings. The van der Waals surface area contributed by atoms with E-state index < -0.39 is 4.92 Å².